The zero-order valence-electron chi connectivity index (χ0n) is 47.4. The van der Waals surface area contributed by atoms with Crippen molar-refractivity contribution in [2.45, 2.75) is 58.3 Å². The van der Waals surface area contributed by atoms with Gasteiger partial charge in [0.2, 0.25) is 0 Å². The summed E-state index contributed by atoms with van der Waals surface area (Å²) in [5, 5.41) is 168. The molecule has 432 valence electrons. The molecule has 0 spiro atoms. The van der Waals surface area contributed by atoms with Crippen LogP contribution in [0.4, 0.5) is 68.2 Å². The molecule has 0 fully saturated rings. The predicted molar refractivity (Wildman–Crippen MR) is 322 cm³/mol. The molecule has 8 rings (SSSR count). The number of phenolic OH excluding ortho intramolecular Hbond substituents is 8. The predicted octanol–water partition coefficient (Wildman–Crippen LogP) is 18.3. The number of nitrogens with zero attached hydrogens (tertiary/aromatic N) is 16. The number of phenols is 8. The van der Waals surface area contributed by atoms with Crippen molar-refractivity contribution in [1.82, 2.24) is 0 Å². The first-order valence-corrected chi connectivity index (χ1v) is 26.3. The van der Waals surface area contributed by atoms with E-state index in [-0.39, 0.29) is 107 Å². The van der Waals surface area contributed by atoms with E-state index in [1.807, 2.05) is 24.3 Å². The van der Waals surface area contributed by atoms with Gasteiger partial charge in [0.1, 0.15) is 11.5 Å². The first kappa shape index (κ1) is 61.5. The quantitative estimate of drug-likeness (QED) is 0.0351. The van der Waals surface area contributed by atoms with Crippen molar-refractivity contribution in [3.8, 4) is 70.3 Å². The zero-order valence-corrected chi connectivity index (χ0v) is 47.4. The highest BCUT2D eigenvalue weighted by atomic mass is 16.3. The molecular weight excluding hydrogens is 1130 g/mol. The summed E-state index contributed by atoms with van der Waals surface area (Å²) in [6, 6.07) is 30.1. The van der Waals surface area contributed by atoms with Crippen LogP contribution in [0.15, 0.2) is 144 Å². The molecule has 89 heavy (non-hydrogen) atoms. The lowest BCUT2D eigenvalue weighted by Crippen LogP contribution is -2.06. The minimum absolute atomic E-state index is 0.000547. The summed E-state index contributed by atoms with van der Waals surface area (Å²) < 4.78 is 0. The summed E-state index contributed by atoms with van der Waals surface area (Å²) >= 11 is 0. The topological polar surface area (TPSA) is 373 Å². The molecule has 24 heteroatoms. The SMILES string of the molecule is [C-]#[N+]c1cc(C#N)cc(N=Nc2c(O)ccc(C(C)c3cc(C(C)c4cc(C(C)c5cc(C(C)C)c(O)c(N=Nc6cc(C#N)cc([N+]#[C-])c6)c5O)c(O)c(N=Nc5cc(C#N)cc([N+]#[C-])c5)c4O)c(O)c(N=Nc4cc(C#N)cc([N+]#[C-])c4)c3O)c2O)c1. The third-order valence-electron chi connectivity index (χ3n) is 14.2. The number of hydrogen-bond donors (Lipinski definition) is 8. The molecular formula is C65H44N16O8. The van der Waals surface area contributed by atoms with E-state index in [0.717, 1.165) is 0 Å². The summed E-state index contributed by atoms with van der Waals surface area (Å²) in [6.45, 7) is 38.2. The van der Waals surface area contributed by atoms with Gasteiger partial charge < -0.3 is 40.9 Å². The van der Waals surface area contributed by atoms with Gasteiger partial charge in [0.05, 0.1) is 73.3 Å². The Bertz CT molecular complexity index is 4640. The van der Waals surface area contributed by atoms with Gasteiger partial charge >= 0.3 is 0 Å². The number of aromatic hydroxyl groups is 8. The highest BCUT2D eigenvalue weighted by molar-refractivity contribution is 5.77. The normalized spacial score (nSPS) is 12.2. The molecule has 0 amide bonds. The Balaban J connectivity index is 1.37. The minimum Gasteiger partial charge on any atom is -0.505 e. The second kappa shape index (κ2) is 26.0. The number of rotatable bonds is 15. The standard InChI is InChI=1S/C65H44N16O8/c1-31(2)48-24-49(61(85)56(60(48)84)79-75-44-17-36(28-67)13-40(21-44)71-7)33(4)52-26-53(65(89)58(64(52)88)81-77-46-19-38(30-69)15-42(23-46)73-9)34(5)51-25-50(62(86)57(63(51)87)80-76-45-18-37(29-68)14-41(22-45)72-8)32(3)47-10-11-54(82)55(59(47)83)78-74-43-16-35(27-66)12-39(20-43)70-6/h10-26,31-34,82-89H,1-5H3. The molecule has 0 aromatic heterocycles. The van der Waals surface area contributed by atoms with Crippen LogP contribution in [0.2, 0.25) is 0 Å². The maximum Gasteiger partial charge on any atom is 0.190 e. The van der Waals surface area contributed by atoms with Crippen molar-refractivity contribution in [3.05, 3.63) is 210 Å². The monoisotopic (exact) mass is 1180 g/mol. The molecule has 0 bridgehead atoms. The molecule has 0 aliphatic carbocycles. The Morgan fingerprint density at radius 2 is 0.562 bits per heavy atom. The Hall–Kier alpha value is -13.5. The Morgan fingerprint density at radius 1 is 0.315 bits per heavy atom. The fourth-order valence-corrected chi connectivity index (χ4v) is 9.54. The van der Waals surface area contributed by atoms with Crippen LogP contribution in [0.3, 0.4) is 0 Å². The second-order valence-electron chi connectivity index (χ2n) is 20.1. The summed E-state index contributed by atoms with van der Waals surface area (Å²) in [5.74, 6) is -9.24. The number of hydrogen-bond acceptors (Lipinski definition) is 20. The number of benzene rings is 8. The zero-order chi connectivity index (χ0) is 64.5. The van der Waals surface area contributed by atoms with Crippen molar-refractivity contribution >= 4 is 68.2 Å². The van der Waals surface area contributed by atoms with Gasteiger partial charge in [-0.3, -0.25) is 0 Å². The number of azo groups is 4. The molecule has 0 heterocycles. The Kier molecular flexibility index (Phi) is 17.9. The van der Waals surface area contributed by atoms with Crippen LogP contribution in [0, 0.1) is 71.6 Å². The third kappa shape index (κ3) is 12.7. The van der Waals surface area contributed by atoms with Crippen molar-refractivity contribution in [1.29, 1.82) is 21.0 Å². The van der Waals surface area contributed by atoms with E-state index in [4.69, 9.17) is 26.3 Å². The average Bonchev–Trinajstić information content (AvgIpc) is 0.986. The van der Waals surface area contributed by atoms with Gasteiger partial charge in [-0.05, 0) is 109 Å². The van der Waals surface area contributed by atoms with Crippen LogP contribution in [0.5, 0.6) is 46.0 Å². The molecule has 0 radical (unpaired) electrons. The van der Waals surface area contributed by atoms with Crippen molar-refractivity contribution in [2.24, 2.45) is 40.9 Å². The lowest BCUT2D eigenvalue weighted by atomic mass is 9.82. The molecule has 8 aromatic carbocycles. The lowest BCUT2D eigenvalue weighted by Gasteiger charge is -2.25. The van der Waals surface area contributed by atoms with Gasteiger partial charge in [-0.1, -0.05) is 40.7 Å². The van der Waals surface area contributed by atoms with E-state index in [0.29, 0.717) is 0 Å². The van der Waals surface area contributed by atoms with E-state index in [2.05, 4.69) is 60.3 Å². The van der Waals surface area contributed by atoms with Gasteiger partial charge in [-0.25, -0.2) is 19.4 Å². The smallest absolute Gasteiger partial charge is 0.190 e. The molecule has 0 aliphatic rings. The van der Waals surface area contributed by atoms with E-state index in [1.54, 1.807) is 20.8 Å². The van der Waals surface area contributed by atoms with Gasteiger partial charge in [0.15, 0.2) is 80.0 Å². The first-order chi connectivity index (χ1) is 42.6. The average molecular weight is 1180 g/mol. The maximum absolute atomic E-state index is 12.5. The van der Waals surface area contributed by atoms with Crippen molar-refractivity contribution in [3.63, 3.8) is 0 Å². The van der Waals surface area contributed by atoms with Crippen molar-refractivity contribution < 1.29 is 40.9 Å². The molecule has 0 saturated carbocycles. The molecule has 3 unspecified atom stereocenters. The van der Waals surface area contributed by atoms with Crippen molar-refractivity contribution in [2.75, 3.05) is 0 Å². The van der Waals surface area contributed by atoms with Crippen LogP contribution in [0.1, 0.15) is 119 Å². The Morgan fingerprint density at radius 3 is 0.831 bits per heavy atom. The second-order valence-corrected chi connectivity index (χ2v) is 20.1. The van der Waals surface area contributed by atoms with E-state index < -0.39 is 92.4 Å². The van der Waals surface area contributed by atoms with Crippen LogP contribution in [-0.4, -0.2) is 40.9 Å². The fraction of sp³-hybridized carbons (Fsp3) is 0.138. The minimum atomic E-state index is -1.28. The summed E-state index contributed by atoms with van der Waals surface area (Å²) in [6.07, 6.45) is 0. The molecule has 0 aliphatic heterocycles. The molecule has 0 saturated heterocycles. The van der Waals surface area contributed by atoms with Crippen LogP contribution in [-0.2, 0) is 0 Å². The lowest BCUT2D eigenvalue weighted by molar-refractivity contribution is 0.433. The highest BCUT2D eigenvalue weighted by Gasteiger charge is 2.33. The fourth-order valence-electron chi connectivity index (χ4n) is 9.54. The summed E-state index contributed by atoms with van der Waals surface area (Å²) in [5.41, 5.74) is -1.84. The largest absolute Gasteiger partial charge is 0.505 e. The summed E-state index contributed by atoms with van der Waals surface area (Å²) in [4.78, 5) is 13.5. The maximum atomic E-state index is 12.5. The third-order valence-corrected chi connectivity index (χ3v) is 14.2. The number of nitriles is 4. The van der Waals surface area contributed by atoms with Gasteiger partial charge in [-0.15, -0.1) is 20.5 Å². The van der Waals surface area contributed by atoms with Gasteiger partial charge in [0, 0.05) is 73.4 Å². The summed E-state index contributed by atoms with van der Waals surface area (Å²) in [7, 11) is 0. The van der Waals surface area contributed by atoms with Crippen LogP contribution >= 0.6 is 0 Å². The van der Waals surface area contributed by atoms with Crippen LogP contribution in [0.25, 0.3) is 19.4 Å². The van der Waals surface area contributed by atoms with E-state index >= 15 is 0 Å². The van der Waals surface area contributed by atoms with Gasteiger partial charge in [-0.2, -0.15) is 41.5 Å². The highest BCUT2D eigenvalue weighted by Crippen LogP contribution is 2.56. The van der Waals surface area contributed by atoms with Gasteiger partial charge in [0.25, 0.3) is 0 Å². The van der Waals surface area contributed by atoms with E-state index in [1.165, 1.54) is 117 Å². The molecule has 8 aromatic rings. The van der Waals surface area contributed by atoms with Crippen LogP contribution < -0.4 is 0 Å². The first-order valence-electron chi connectivity index (χ1n) is 26.3. The molecule has 24 nitrogen and oxygen atoms in total. The molecule has 3 atom stereocenters. The van der Waals surface area contributed by atoms with E-state index in [9.17, 15) is 61.9 Å². The molecule has 8 N–H and O–H groups in total. The Labute approximate surface area is 507 Å².